The van der Waals surface area contributed by atoms with Crippen molar-refractivity contribution in [3.05, 3.63) is 29.3 Å². The summed E-state index contributed by atoms with van der Waals surface area (Å²) in [6.45, 7) is 4.59. The number of carbonyl (C=O) groups excluding carboxylic acids is 3. The summed E-state index contributed by atoms with van der Waals surface area (Å²) in [5.41, 5.74) is 7.40. The average Bonchev–Trinajstić information content (AvgIpc) is 2.99. The van der Waals surface area contributed by atoms with Gasteiger partial charge in [-0.2, -0.15) is 0 Å². The smallest absolute Gasteiger partial charge is 0.268 e. The van der Waals surface area contributed by atoms with Crippen molar-refractivity contribution in [3.8, 4) is 0 Å². The number of hydrazine groups is 1. The second-order valence-electron chi connectivity index (χ2n) is 5.30. The van der Waals surface area contributed by atoms with E-state index >= 15 is 0 Å². The molecule has 0 bridgehead atoms. The molecule has 1 aromatic rings. The molecule has 8 nitrogen and oxygen atoms in total. The highest BCUT2D eigenvalue weighted by Crippen LogP contribution is 2.51. The minimum Gasteiger partial charge on any atom is -0.322 e. The summed E-state index contributed by atoms with van der Waals surface area (Å²) < 4.78 is 0. The van der Waals surface area contributed by atoms with Gasteiger partial charge in [-0.3, -0.25) is 19.8 Å². The zero-order valence-corrected chi connectivity index (χ0v) is 13.6. The van der Waals surface area contributed by atoms with E-state index in [9.17, 15) is 14.4 Å². The fourth-order valence-electron chi connectivity index (χ4n) is 2.56. The van der Waals surface area contributed by atoms with Crippen LogP contribution in [0, 0.1) is 6.92 Å². The summed E-state index contributed by atoms with van der Waals surface area (Å²) in [5, 5.41) is 8.19. The van der Waals surface area contributed by atoms with E-state index in [-0.39, 0.29) is 22.9 Å². The molecule has 3 rings (SSSR count). The lowest BCUT2D eigenvalue weighted by Gasteiger charge is -2.29. The first-order valence-electron chi connectivity index (χ1n) is 6.88. The Kier molecular flexibility index (Phi) is 3.52. The van der Waals surface area contributed by atoms with Crippen LogP contribution in [0.1, 0.15) is 25.0 Å². The summed E-state index contributed by atoms with van der Waals surface area (Å²) in [6.07, 6.45) is 0. The van der Waals surface area contributed by atoms with Gasteiger partial charge >= 0.3 is 0 Å². The van der Waals surface area contributed by atoms with E-state index in [1.54, 1.807) is 6.07 Å². The Morgan fingerprint density at radius 3 is 2.74 bits per heavy atom. The molecule has 1 saturated heterocycles. The predicted molar refractivity (Wildman–Crippen MR) is 86.0 cm³/mol. The minimum atomic E-state index is -1.27. The van der Waals surface area contributed by atoms with Gasteiger partial charge in [0.15, 0.2) is 0 Å². The number of hydrogen-bond donors (Lipinski definition) is 3. The van der Waals surface area contributed by atoms with E-state index in [1.807, 2.05) is 19.1 Å². The van der Waals surface area contributed by atoms with Gasteiger partial charge in [0, 0.05) is 25.1 Å². The number of nitrogens with zero attached hydrogens (tertiary/aromatic N) is 2. The minimum absolute atomic E-state index is 0.264. The van der Waals surface area contributed by atoms with Crippen LogP contribution in [-0.2, 0) is 19.3 Å². The number of anilines is 1. The number of thioether (sulfide) groups is 1. The van der Waals surface area contributed by atoms with Gasteiger partial charge in [0.1, 0.15) is 0 Å². The number of carbonyl (C=O) groups is 3. The van der Waals surface area contributed by atoms with Crippen molar-refractivity contribution in [3.63, 3.8) is 0 Å². The fourth-order valence-corrected chi connectivity index (χ4v) is 3.76. The number of hydrogen-bond acceptors (Lipinski definition) is 5. The molecule has 1 unspecified atom stereocenters. The van der Waals surface area contributed by atoms with Gasteiger partial charge in [0.2, 0.25) is 21.9 Å². The van der Waals surface area contributed by atoms with Crippen molar-refractivity contribution in [1.29, 1.82) is 0 Å². The van der Waals surface area contributed by atoms with Crippen LogP contribution in [0.25, 0.3) is 0 Å². The van der Waals surface area contributed by atoms with Crippen LogP contribution < -0.4 is 16.2 Å². The quantitative estimate of drug-likeness (QED) is 0.653. The summed E-state index contributed by atoms with van der Waals surface area (Å²) in [6, 6.07) is 5.55. The van der Waals surface area contributed by atoms with E-state index in [1.165, 1.54) is 18.9 Å². The van der Waals surface area contributed by atoms with Crippen LogP contribution in [-0.4, -0.2) is 27.9 Å². The number of amidine groups is 1. The van der Waals surface area contributed by atoms with Crippen LogP contribution in [0.4, 0.5) is 5.69 Å². The van der Waals surface area contributed by atoms with Crippen LogP contribution in [0.2, 0.25) is 0 Å². The highest BCUT2D eigenvalue weighted by atomic mass is 32.2. The maximum Gasteiger partial charge on any atom is 0.268 e. The molecule has 1 atom stereocenters. The van der Waals surface area contributed by atoms with Gasteiger partial charge in [0.25, 0.3) is 5.91 Å². The topological polar surface area (TPSA) is 103 Å². The average molecular weight is 333 g/mol. The molecular weight excluding hydrogens is 318 g/mol. The lowest BCUT2D eigenvalue weighted by molar-refractivity contribution is -0.140. The van der Waals surface area contributed by atoms with E-state index in [2.05, 4.69) is 21.3 Å². The van der Waals surface area contributed by atoms with Gasteiger partial charge in [-0.15, -0.1) is 5.10 Å². The van der Waals surface area contributed by atoms with Crippen molar-refractivity contribution in [2.24, 2.45) is 5.10 Å². The summed E-state index contributed by atoms with van der Waals surface area (Å²) in [4.78, 5) is 34.5. The predicted octanol–water partition coefficient (Wildman–Crippen LogP) is 0.607. The van der Waals surface area contributed by atoms with Crippen molar-refractivity contribution >= 4 is 40.3 Å². The molecule has 2 aliphatic heterocycles. The largest absolute Gasteiger partial charge is 0.322 e. The molecule has 9 heteroatoms. The van der Waals surface area contributed by atoms with E-state index in [0.29, 0.717) is 11.3 Å². The molecule has 0 aliphatic carbocycles. The third-order valence-electron chi connectivity index (χ3n) is 3.49. The maximum atomic E-state index is 12.7. The molecule has 0 saturated carbocycles. The molecule has 3 amide bonds. The summed E-state index contributed by atoms with van der Waals surface area (Å²) in [5.74, 6) is -1.02. The third-order valence-corrected chi connectivity index (χ3v) is 4.75. The fraction of sp³-hybridized carbons (Fsp3) is 0.286. The first-order valence-corrected chi connectivity index (χ1v) is 7.69. The highest BCUT2D eigenvalue weighted by molar-refractivity contribution is 8.15. The van der Waals surface area contributed by atoms with Gasteiger partial charge < -0.3 is 5.32 Å². The molecular formula is C14H15N5O3S. The maximum absolute atomic E-state index is 12.7. The first-order chi connectivity index (χ1) is 10.8. The lowest BCUT2D eigenvalue weighted by atomic mass is 10.0. The number of fused-ring (bicyclic) bond motifs is 2. The normalized spacial score (nSPS) is 23.7. The standard InChI is InChI=1S/C14H15N5O3S/c1-7-4-5-11-10(6-7)14(12(22)15-11)19(9(3)21)18-13(23-14)17-16-8(2)20/h4-6H,1-3H3,(H,15,22)(H,16,20)(H,17,18). The third kappa shape index (κ3) is 2.33. The Labute approximate surface area is 136 Å². The Morgan fingerprint density at radius 2 is 2.09 bits per heavy atom. The molecule has 1 aromatic carbocycles. The van der Waals surface area contributed by atoms with Crippen molar-refractivity contribution in [2.45, 2.75) is 25.6 Å². The van der Waals surface area contributed by atoms with Gasteiger partial charge in [-0.25, -0.2) is 10.4 Å². The number of aryl methyl sites for hydroxylation is 1. The monoisotopic (exact) mass is 333 g/mol. The molecule has 2 aliphatic rings. The molecule has 0 aromatic heterocycles. The number of nitrogens with one attached hydrogen (secondary N) is 3. The van der Waals surface area contributed by atoms with E-state index in [4.69, 9.17) is 0 Å². The van der Waals surface area contributed by atoms with Crippen molar-refractivity contribution in [2.75, 3.05) is 5.32 Å². The second kappa shape index (κ2) is 5.27. The number of rotatable bonds is 1. The molecule has 0 radical (unpaired) electrons. The second-order valence-corrected chi connectivity index (χ2v) is 6.48. The lowest BCUT2D eigenvalue weighted by Crippen LogP contribution is -2.51. The van der Waals surface area contributed by atoms with Gasteiger partial charge in [-0.1, -0.05) is 17.7 Å². The van der Waals surface area contributed by atoms with Gasteiger partial charge in [0.05, 0.1) is 0 Å². The van der Waals surface area contributed by atoms with Crippen LogP contribution in [0.5, 0.6) is 0 Å². The number of amides is 3. The number of hydrazone groups is 1. The SMILES string of the molecule is CC(=O)N/N=C1\NN(C(C)=O)C2(S1)C(=O)Nc1ccc(C)cc12. The Bertz CT molecular complexity index is 763. The Morgan fingerprint density at radius 1 is 1.35 bits per heavy atom. The molecule has 23 heavy (non-hydrogen) atoms. The molecule has 2 heterocycles. The van der Waals surface area contributed by atoms with E-state index in [0.717, 1.165) is 17.3 Å². The van der Waals surface area contributed by atoms with Crippen LogP contribution in [0.3, 0.4) is 0 Å². The van der Waals surface area contributed by atoms with Crippen LogP contribution in [0.15, 0.2) is 23.3 Å². The molecule has 3 N–H and O–H groups in total. The van der Waals surface area contributed by atoms with Gasteiger partial charge in [-0.05, 0) is 24.8 Å². The van der Waals surface area contributed by atoms with Crippen molar-refractivity contribution < 1.29 is 14.4 Å². The van der Waals surface area contributed by atoms with Crippen molar-refractivity contribution in [1.82, 2.24) is 15.9 Å². The summed E-state index contributed by atoms with van der Waals surface area (Å²) >= 11 is 1.08. The zero-order valence-electron chi connectivity index (χ0n) is 12.8. The first kappa shape index (κ1) is 15.3. The molecule has 1 fully saturated rings. The van der Waals surface area contributed by atoms with Crippen LogP contribution >= 0.6 is 11.8 Å². The molecule has 120 valence electrons. The highest BCUT2D eigenvalue weighted by Gasteiger charge is 2.59. The Hall–Kier alpha value is -2.55. The molecule has 1 spiro atoms. The zero-order chi connectivity index (χ0) is 16.8. The summed E-state index contributed by atoms with van der Waals surface area (Å²) in [7, 11) is 0. The number of benzene rings is 1. The Balaban J connectivity index is 2.10. The van der Waals surface area contributed by atoms with E-state index < -0.39 is 4.87 Å².